The Morgan fingerprint density at radius 2 is 1.76 bits per heavy atom. The monoisotopic (exact) mass is 386 g/mol. The van der Waals surface area contributed by atoms with E-state index < -0.39 is 22.8 Å². The van der Waals surface area contributed by atoms with Gasteiger partial charge in [-0.2, -0.15) is 0 Å². The number of ether oxygens (including phenoxy) is 1. The van der Waals surface area contributed by atoms with Crippen LogP contribution in [0.15, 0.2) is 24.3 Å². The molecular weight excluding hydrogens is 367 g/mol. The first-order chi connectivity index (χ1) is 11.8. The highest BCUT2D eigenvalue weighted by Gasteiger charge is 2.45. The van der Waals surface area contributed by atoms with Crippen molar-refractivity contribution in [3.05, 3.63) is 34.9 Å². The lowest BCUT2D eigenvalue weighted by atomic mass is 9.87. The first-order valence-corrected chi connectivity index (χ1v) is 8.66. The molecule has 6 nitrogen and oxygen atoms in total. The van der Waals surface area contributed by atoms with E-state index in [1.165, 1.54) is 14.0 Å². The maximum Gasteiger partial charge on any atom is 0.331 e. The van der Waals surface area contributed by atoms with E-state index >= 15 is 0 Å². The van der Waals surface area contributed by atoms with Crippen molar-refractivity contribution >= 4 is 41.0 Å². The van der Waals surface area contributed by atoms with Gasteiger partial charge in [-0.15, -0.1) is 11.6 Å². The van der Waals surface area contributed by atoms with Crippen LogP contribution in [0.25, 0.3) is 0 Å². The van der Waals surface area contributed by atoms with E-state index in [1.54, 1.807) is 29.2 Å². The third-order valence-electron chi connectivity index (χ3n) is 4.39. The van der Waals surface area contributed by atoms with E-state index in [0.29, 0.717) is 23.7 Å². The molecule has 1 heterocycles. The average molecular weight is 387 g/mol. The Morgan fingerprint density at radius 3 is 2.24 bits per heavy atom. The minimum Gasteiger partial charge on any atom is -0.467 e. The van der Waals surface area contributed by atoms with E-state index in [1.807, 2.05) is 0 Å². The lowest BCUT2D eigenvalue weighted by Gasteiger charge is -2.40. The highest BCUT2D eigenvalue weighted by molar-refractivity contribution is 6.32. The van der Waals surface area contributed by atoms with Crippen molar-refractivity contribution in [3.63, 3.8) is 0 Å². The second kappa shape index (κ2) is 8.06. The second-order valence-electron chi connectivity index (χ2n) is 5.98. The first kappa shape index (κ1) is 19.5. The number of carbonyl (C=O) groups excluding carboxylic acids is 3. The van der Waals surface area contributed by atoms with Crippen LogP contribution >= 0.6 is 23.2 Å². The molecule has 1 aromatic rings. The molecule has 0 bridgehead atoms. The number of benzene rings is 1. The molecule has 2 amide bonds. The van der Waals surface area contributed by atoms with Crippen molar-refractivity contribution in [1.29, 1.82) is 0 Å². The van der Waals surface area contributed by atoms with Gasteiger partial charge in [0.25, 0.3) is 0 Å². The molecule has 1 aliphatic rings. The average Bonchev–Trinajstić information content (AvgIpc) is 2.61. The number of carbonyl (C=O) groups is 3. The zero-order valence-electron chi connectivity index (χ0n) is 14.1. The summed E-state index contributed by atoms with van der Waals surface area (Å²) in [5, 5.41) is 2.31. The molecule has 0 saturated carbocycles. The molecule has 1 atom stereocenters. The predicted molar refractivity (Wildman–Crippen MR) is 94.4 cm³/mol. The molecule has 1 aliphatic heterocycles. The van der Waals surface area contributed by atoms with Crippen LogP contribution in [0.5, 0.6) is 0 Å². The number of esters is 1. The van der Waals surface area contributed by atoms with E-state index in [0.717, 1.165) is 0 Å². The highest BCUT2D eigenvalue weighted by atomic mass is 35.5. The third kappa shape index (κ3) is 4.44. The summed E-state index contributed by atoms with van der Waals surface area (Å²) >= 11 is 12.1. The Hall–Kier alpha value is -1.79. The van der Waals surface area contributed by atoms with Gasteiger partial charge in [-0.1, -0.05) is 23.7 Å². The van der Waals surface area contributed by atoms with Crippen LogP contribution in [0, 0.1) is 0 Å². The number of nitrogens with one attached hydrogen (secondary N) is 1. The summed E-state index contributed by atoms with van der Waals surface area (Å²) in [7, 11) is 1.27. The standard InChI is InChI=1S/C17H20Cl2N2O4/c1-11(22)21-9-7-17(8-10-21,16(24)25-2)20-15(23)14(19)12-3-5-13(18)6-4-12/h3-6,14H,7-10H2,1-2H3,(H,20,23). The zero-order chi connectivity index (χ0) is 18.6. The minimum absolute atomic E-state index is 0.0684. The van der Waals surface area contributed by atoms with Gasteiger partial charge in [0.2, 0.25) is 11.8 Å². The molecule has 1 N–H and O–H groups in total. The van der Waals surface area contributed by atoms with Crippen LogP contribution < -0.4 is 5.32 Å². The van der Waals surface area contributed by atoms with E-state index in [-0.39, 0.29) is 18.7 Å². The van der Waals surface area contributed by atoms with Gasteiger partial charge in [-0.3, -0.25) is 9.59 Å². The van der Waals surface area contributed by atoms with Crippen LogP contribution in [0.4, 0.5) is 0 Å². The Morgan fingerprint density at radius 1 is 1.20 bits per heavy atom. The number of piperidine rings is 1. The number of likely N-dealkylation sites (tertiary alicyclic amines) is 1. The van der Waals surface area contributed by atoms with Gasteiger partial charge in [0.1, 0.15) is 10.9 Å². The summed E-state index contributed by atoms with van der Waals surface area (Å²) in [5.41, 5.74) is -0.609. The Bertz CT molecular complexity index is 655. The van der Waals surface area contributed by atoms with Gasteiger partial charge >= 0.3 is 5.97 Å². The fourth-order valence-corrected chi connectivity index (χ4v) is 3.19. The molecule has 136 valence electrons. The molecule has 0 spiro atoms. The Balaban J connectivity index is 2.14. The molecule has 1 saturated heterocycles. The zero-order valence-corrected chi connectivity index (χ0v) is 15.6. The molecule has 25 heavy (non-hydrogen) atoms. The maximum atomic E-state index is 12.6. The lowest BCUT2D eigenvalue weighted by molar-refractivity contribution is -0.154. The summed E-state index contributed by atoms with van der Waals surface area (Å²) in [6.07, 6.45) is 0.546. The largest absolute Gasteiger partial charge is 0.467 e. The number of hydrogen-bond acceptors (Lipinski definition) is 4. The SMILES string of the molecule is COC(=O)C1(NC(=O)C(Cl)c2ccc(Cl)cc2)CCN(C(C)=O)CC1. The van der Waals surface area contributed by atoms with E-state index in [4.69, 9.17) is 27.9 Å². The fourth-order valence-electron chi connectivity index (χ4n) is 2.86. The van der Waals surface area contributed by atoms with E-state index in [2.05, 4.69) is 5.32 Å². The van der Waals surface area contributed by atoms with Gasteiger partial charge < -0.3 is 15.0 Å². The van der Waals surface area contributed by atoms with Crippen molar-refractivity contribution in [3.8, 4) is 0 Å². The van der Waals surface area contributed by atoms with Gasteiger partial charge in [-0.05, 0) is 30.5 Å². The van der Waals surface area contributed by atoms with Crippen LogP contribution in [0.1, 0.15) is 30.7 Å². The molecule has 0 aliphatic carbocycles. The molecule has 1 fully saturated rings. The number of hydrogen-bond donors (Lipinski definition) is 1. The first-order valence-electron chi connectivity index (χ1n) is 7.84. The second-order valence-corrected chi connectivity index (χ2v) is 6.86. The molecule has 2 rings (SSSR count). The lowest BCUT2D eigenvalue weighted by Crippen LogP contribution is -2.61. The number of methoxy groups -OCH3 is 1. The van der Waals surface area contributed by atoms with Gasteiger partial charge in [0.05, 0.1) is 7.11 Å². The molecular formula is C17H20Cl2N2O4. The Kier molecular flexibility index (Phi) is 6.30. The minimum atomic E-state index is -1.18. The van der Waals surface area contributed by atoms with Gasteiger partial charge in [-0.25, -0.2) is 4.79 Å². The predicted octanol–water partition coefficient (Wildman–Crippen LogP) is 2.29. The van der Waals surface area contributed by atoms with Crippen molar-refractivity contribution in [2.45, 2.75) is 30.7 Å². The number of rotatable bonds is 4. The van der Waals surface area contributed by atoms with Crippen molar-refractivity contribution in [2.24, 2.45) is 0 Å². The maximum absolute atomic E-state index is 12.6. The molecule has 0 radical (unpaired) electrons. The number of halogens is 2. The highest BCUT2D eigenvalue weighted by Crippen LogP contribution is 2.28. The van der Waals surface area contributed by atoms with E-state index in [9.17, 15) is 14.4 Å². The molecule has 0 aromatic heterocycles. The summed E-state index contributed by atoms with van der Waals surface area (Å²) < 4.78 is 4.87. The van der Waals surface area contributed by atoms with Crippen molar-refractivity contribution in [2.75, 3.05) is 20.2 Å². The topological polar surface area (TPSA) is 75.7 Å². The summed E-state index contributed by atoms with van der Waals surface area (Å²) in [5.74, 6) is -1.10. The summed E-state index contributed by atoms with van der Waals surface area (Å²) in [4.78, 5) is 38.0. The molecule has 1 unspecified atom stereocenters. The van der Waals surface area contributed by atoms with Gasteiger partial charge in [0, 0.05) is 25.0 Å². The van der Waals surface area contributed by atoms with Crippen molar-refractivity contribution in [1.82, 2.24) is 10.2 Å². The third-order valence-corrected chi connectivity index (χ3v) is 5.10. The smallest absolute Gasteiger partial charge is 0.331 e. The number of nitrogens with zero attached hydrogens (tertiary/aromatic N) is 1. The fraction of sp³-hybridized carbons (Fsp3) is 0.471. The van der Waals surface area contributed by atoms with Crippen LogP contribution in [0.2, 0.25) is 5.02 Å². The van der Waals surface area contributed by atoms with Crippen LogP contribution in [-0.2, 0) is 19.1 Å². The summed E-state index contributed by atoms with van der Waals surface area (Å²) in [6.45, 7) is 2.19. The quantitative estimate of drug-likeness (QED) is 0.636. The number of alkyl halides is 1. The van der Waals surface area contributed by atoms with Crippen LogP contribution in [0.3, 0.4) is 0 Å². The molecule has 8 heteroatoms. The summed E-state index contributed by atoms with van der Waals surface area (Å²) in [6, 6.07) is 6.59. The van der Waals surface area contributed by atoms with Gasteiger partial charge in [0.15, 0.2) is 0 Å². The van der Waals surface area contributed by atoms with Crippen molar-refractivity contribution < 1.29 is 19.1 Å². The Labute approximate surface area is 156 Å². The molecule has 1 aromatic carbocycles. The normalized spacial score (nSPS) is 17.5. The van der Waals surface area contributed by atoms with Crippen LogP contribution in [-0.4, -0.2) is 48.4 Å². The number of amides is 2.